The van der Waals surface area contributed by atoms with Crippen LogP contribution < -0.4 is 10.5 Å². The Balaban J connectivity index is 2.06. The summed E-state index contributed by atoms with van der Waals surface area (Å²) in [5.74, 6) is 2.99. The lowest BCUT2D eigenvalue weighted by molar-refractivity contribution is 0.483. The molecule has 0 aliphatic carbocycles. The van der Waals surface area contributed by atoms with E-state index in [1.165, 1.54) is 6.07 Å². The molecule has 0 radical (unpaired) electrons. The van der Waals surface area contributed by atoms with E-state index in [1.54, 1.807) is 0 Å². The first-order valence-corrected chi connectivity index (χ1v) is 9.01. The van der Waals surface area contributed by atoms with Crippen molar-refractivity contribution < 1.29 is 12.8 Å². The van der Waals surface area contributed by atoms with Gasteiger partial charge in [-0.1, -0.05) is 0 Å². The van der Waals surface area contributed by atoms with Crippen LogP contribution in [0.25, 0.3) is 0 Å². The van der Waals surface area contributed by atoms with Crippen LogP contribution in [-0.4, -0.2) is 26.5 Å². The summed E-state index contributed by atoms with van der Waals surface area (Å²) < 4.78 is 32.2. The second-order valence-corrected chi connectivity index (χ2v) is 7.74. The first-order valence-electron chi connectivity index (χ1n) is 5.58. The van der Waals surface area contributed by atoms with Crippen molar-refractivity contribution in [2.45, 2.75) is 17.9 Å². The van der Waals surface area contributed by atoms with E-state index in [-0.39, 0.29) is 16.1 Å². The van der Waals surface area contributed by atoms with E-state index in [2.05, 4.69) is 20.7 Å². The van der Waals surface area contributed by atoms with Crippen LogP contribution in [0.1, 0.15) is 12.2 Å². The Morgan fingerprint density at radius 1 is 1.61 bits per heavy atom. The maximum Gasteiger partial charge on any atom is 0.244 e. The van der Waals surface area contributed by atoms with Gasteiger partial charge < -0.3 is 10.2 Å². The number of hydrogen-bond acceptors (Lipinski definition) is 5. The highest BCUT2D eigenvalue weighted by Crippen LogP contribution is 2.27. The fraction of sp³-hybridized carbons (Fsp3) is 0.600. The number of halogens is 1. The van der Waals surface area contributed by atoms with Crippen LogP contribution in [0.15, 0.2) is 20.0 Å². The third-order valence-corrected chi connectivity index (χ3v) is 6.30. The Morgan fingerprint density at radius 2 is 2.39 bits per heavy atom. The van der Waals surface area contributed by atoms with E-state index < -0.39 is 10.0 Å². The molecule has 0 saturated carbocycles. The number of thioether (sulfide) groups is 1. The van der Waals surface area contributed by atoms with E-state index in [0.717, 1.165) is 17.9 Å². The molecule has 2 rings (SSSR count). The van der Waals surface area contributed by atoms with Gasteiger partial charge >= 0.3 is 0 Å². The zero-order chi connectivity index (χ0) is 13.2. The molecule has 8 heteroatoms. The summed E-state index contributed by atoms with van der Waals surface area (Å²) in [6.07, 6.45) is 1.06. The molecule has 102 valence electrons. The Bertz CT molecular complexity index is 509. The molecule has 1 aliphatic heterocycles. The van der Waals surface area contributed by atoms with Gasteiger partial charge in [-0.05, 0) is 39.8 Å². The Morgan fingerprint density at radius 3 is 2.94 bits per heavy atom. The molecule has 0 aromatic carbocycles. The molecule has 2 heterocycles. The van der Waals surface area contributed by atoms with Crippen molar-refractivity contribution in [3.8, 4) is 0 Å². The summed E-state index contributed by atoms with van der Waals surface area (Å²) in [4.78, 5) is 0.119. The molecular formula is C10H15BrN2O3S2. The normalized spacial score (nSPS) is 20.4. The van der Waals surface area contributed by atoms with Gasteiger partial charge in [-0.3, -0.25) is 0 Å². The number of hydrogen-bond donors (Lipinski definition) is 2. The van der Waals surface area contributed by atoms with Gasteiger partial charge in [0.25, 0.3) is 0 Å². The first kappa shape index (κ1) is 14.4. The van der Waals surface area contributed by atoms with Gasteiger partial charge in [0.2, 0.25) is 10.0 Å². The molecule has 1 unspecified atom stereocenters. The minimum Gasteiger partial charge on any atom is -0.452 e. The predicted molar refractivity (Wildman–Crippen MR) is 74.9 cm³/mol. The summed E-state index contributed by atoms with van der Waals surface area (Å²) in [6.45, 7) is 0.651. The van der Waals surface area contributed by atoms with Gasteiger partial charge in [0.1, 0.15) is 10.7 Å². The number of furan rings is 1. The van der Waals surface area contributed by atoms with E-state index in [1.807, 2.05) is 11.8 Å². The average Bonchev–Trinajstić information content (AvgIpc) is 2.95. The highest BCUT2D eigenvalue weighted by Gasteiger charge is 2.24. The molecule has 0 spiro atoms. The van der Waals surface area contributed by atoms with Gasteiger partial charge in [0.05, 0.1) is 6.54 Å². The smallest absolute Gasteiger partial charge is 0.244 e. The Hall–Kier alpha value is -0.0200. The second-order valence-electron chi connectivity index (χ2n) is 4.14. The van der Waals surface area contributed by atoms with Crippen molar-refractivity contribution in [2.24, 2.45) is 11.7 Å². The maximum absolute atomic E-state index is 12.1. The van der Waals surface area contributed by atoms with Crippen LogP contribution in [0.2, 0.25) is 0 Å². The van der Waals surface area contributed by atoms with Crippen molar-refractivity contribution in [3.63, 3.8) is 0 Å². The second kappa shape index (κ2) is 5.96. The number of rotatable bonds is 5. The van der Waals surface area contributed by atoms with E-state index in [9.17, 15) is 8.42 Å². The molecule has 1 aromatic heterocycles. The average molecular weight is 355 g/mol. The fourth-order valence-corrected chi connectivity index (χ4v) is 5.13. The topological polar surface area (TPSA) is 85.3 Å². The number of nitrogens with two attached hydrogens (primary N) is 1. The lowest BCUT2D eigenvalue weighted by Crippen LogP contribution is -2.29. The largest absolute Gasteiger partial charge is 0.452 e. The zero-order valence-corrected chi connectivity index (χ0v) is 12.9. The van der Waals surface area contributed by atoms with Crippen molar-refractivity contribution in [3.05, 3.63) is 16.5 Å². The molecular weight excluding hydrogens is 340 g/mol. The summed E-state index contributed by atoms with van der Waals surface area (Å²) in [7, 11) is -3.52. The third kappa shape index (κ3) is 3.30. The van der Waals surface area contributed by atoms with Gasteiger partial charge in [-0.2, -0.15) is 11.8 Å². The Labute approximate surface area is 119 Å². The Kier molecular flexibility index (Phi) is 4.76. The molecule has 1 saturated heterocycles. The van der Waals surface area contributed by atoms with Gasteiger partial charge in [-0.15, -0.1) is 0 Å². The van der Waals surface area contributed by atoms with Crippen molar-refractivity contribution in [2.75, 3.05) is 18.1 Å². The SMILES string of the molecule is NCc1cc(S(=O)(=O)NCC2CCSC2)c(Br)o1. The molecule has 1 aromatic rings. The van der Waals surface area contributed by atoms with Gasteiger partial charge in [0, 0.05) is 12.6 Å². The van der Waals surface area contributed by atoms with Crippen molar-refractivity contribution in [1.29, 1.82) is 0 Å². The summed E-state index contributed by atoms with van der Waals surface area (Å²) in [5, 5.41) is 0. The predicted octanol–water partition coefficient (Wildman–Crippen LogP) is 1.53. The molecule has 0 bridgehead atoms. The minimum absolute atomic E-state index is 0.119. The maximum atomic E-state index is 12.1. The van der Waals surface area contributed by atoms with Crippen LogP contribution in [0.3, 0.4) is 0 Å². The first-order chi connectivity index (χ1) is 8.53. The van der Waals surface area contributed by atoms with E-state index >= 15 is 0 Å². The van der Waals surface area contributed by atoms with Gasteiger partial charge in [-0.25, -0.2) is 13.1 Å². The molecule has 5 nitrogen and oxygen atoms in total. The van der Waals surface area contributed by atoms with Crippen LogP contribution in [0.5, 0.6) is 0 Å². The lowest BCUT2D eigenvalue weighted by Gasteiger charge is -2.09. The molecule has 18 heavy (non-hydrogen) atoms. The lowest BCUT2D eigenvalue weighted by atomic mass is 10.1. The molecule has 0 amide bonds. The number of nitrogens with one attached hydrogen (secondary N) is 1. The van der Waals surface area contributed by atoms with Crippen LogP contribution in [-0.2, 0) is 16.6 Å². The summed E-state index contributed by atoms with van der Waals surface area (Å²) in [5.41, 5.74) is 5.42. The minimum atomic E-state index is -3.52. The fourth-order valence-electron chi connectivity index (χ4n) is 1.73. The highest BCUT2D eigenvalue weighted by molar-refractivity contribution is 9.10. The standard InChI is InChI=1S/C10H15BrN2O3S2/c11-10-9(3-8(4-12)16-10)18(14,15)13-5-7-1-2-17-6-7/h3,7,13H,1-2,4-6,12H2. The molecule has 1 atom stereocenters. The monoisotopic (exact) mass is 354 g/mol. The van der Waals surface area contributed by atoms with Crippen LogP contribution in [0, 0.1) is 5.92 Å². The highest BCUT2D eigenvalue weighted by atomic mass is 79.9. The van der Waals surface area contributed by atoms with Crippen molar-refractivity contribution in [1.82, 2.24) is 4.72 Å². The van der Waals surface area contributed by atoms with Crippen LogP contribution >= 0.6 is 27.7 Å². The van der Waals surface area contributed by atoms with Crippen LogP contribution in [0.4, 0.5) is 0 Å². The number of sulfonamides is 1. The van der Waals surface area contributed by atoms with Gasteiger partial charge in [0.15, 0.2) is 4.67 Å². The van der Waals surface area contributed by atoms with E-state index in [0.29, 0.717) is 18.2 Å². The zero-order valence-electron chi connectivity index (χ0n) is 9.69. The third-order valence-electron chi connectivity index (χ3n) is 2.78. The molecule has 3 N–H and O–H groups in total. The summed E-state index contributed by atoms with van der Waals surface area (Å²) in [6, 6.07) is 1.45. The van der Waals surface area contributed by atoms with Crippen molar-refractivity contribution >= 4 is 37.7 Å². The quantitative estimate of drug-likeness (QED) is 0.837. The summed E-state index contributed by atoms with van der Waals surface area (Å²) >= 11 is 4.96. The molecule has 1 fully saturated rings. The molecule has 1 aliphatic rings. The van der Waals surface area contributed by atoms with E-state index in [4.69, 9.17) is 10.2 Å².